The molecule has 2 atom stereocenters. The molecular weight excluding hydrogens is 280 g/mol. The van der Waals surface area contributed by atoms with Gasteiger partial charge in [-0.25, -0.2) is 4.98 Å². The number of pyridine rings is 1. The fourth-order valence-corrected chi connectivity index (χ4v) is 2.70. The first kappa shape index (κ1) is 14.6. The maximum Gasteiger partial charge on any atom is 0.246 e. The molecule has 0 aliphatic carbocycles. The number of amides is 1. The topological polar surface area (TPSA) is 70.2 Å². The molecule has 0 bridgehead atoms. The molecule has 2 N–H and O–H groups in total. The van der Waals surface area contributed by atoms with E-state index in [9.17, 15) is 4.79 Å². The van der Waals surface area contributed by atoms with Crippen molar-refractivity contribution in [3.05, 3.63) is 37.2 Å². The van der Waals surface area contributed by atoms with Crippen molar-refractivity contribution in [3.63, 3.8) is 0 Å². The van der Waals surface area contributed by atoms with Crippen LogP contribution in [0.3, 0.4) is 0 Å². The maximum atomic E-state index is 11.9. The number of fused-ring (bicyclic) bond motifs is 1. The molecule has 3 heterocycles. The van der Waals surface area contributed by atoms with Gasteiger partial charge in [0.05, 0.1) is 18.8 Å². The van der Waals surface area contributed by atoms with Crippen molar-refractivity contribution in [2.45, 2.75) is 19.1 Å². The van der Waals surface area contributed by atoms with Crippen LogP contribution < -0.4 is 5.32 Å². The average Bonchev–Trinajstić information content (AvgIpc) is 3.02. The Kier molecular flexibility index (Phi) is 4.11. The molecule has 1 saturated heterocycles. The third kappa shape index (κ3) is 2.82. The lowest BCUT2D eigenvalue weighted by Crippen LogP contribution is -2.52. The molecule has 22 heavy (non-hydrogen) atoms. The van der Waals surface area contributed by atoms with Crippen LogP contribution in [0.1, 0.15) is 6.92 Å². The minimum Gasteiger partial charge on any atom is -0.382 e. The Hall–Kier alpha value is -2.34. The van der Waals surface area contributed by atoms with Crippen molar-refractivity contribution >= 4 is 22.6 Å². The molecule has 0 unspecified atom stereocenters. The molecule has 1 aliphatic rings. The first-order valence-corrected chi connectivity index (χ1v) is 7.39. The number of nitrogens with one attached hydrogen (secondary N) is 2. The quantitative estimate of drug-likeness (QED) is 0.844. The molecule has 0 radical (unpaired) electrons. The second-order valence-electron chi connectivity index (χ2n) is 5.48. The van der Waals surface area contributed by atoms with Gasteiger partial charge in [0, 0.05) is 36.6 Å². The van der Waals surface area contributed by atoms with Gasteiger partial charge in [0.25, 0.3) is 0 Å². The number of aromatic amines is 1. The molecule has 0 spiro atoms. The molecule has 2 aromatic rings. The minimum absolute atomic E-state index is 0.0396. The summed E-state index contributed by atoms with van der Waals surface area (Å²) in [5, 5.41) is 4.43. The summed E-state index contributed by atoms with van der Waals surface area (Å²) < 4.78 is 5.82. The summed E-state index contributed by atoms with van der Waals surface area (Å²) >= 11 is 0. The van der Waals surface area contributed by atoms with Gasteiger partial charge in [0.15, 0.2) is 0 Å². The molecule has 116 valence electrons. The summed E-state index contributed by atoms with van der Waals surface area (Å²) in [6.07, 6.45) is 4.95. The number of rotatable bonds is 4. The fraction of sp³-hybridized carbons (Fsp3) is 0.375. The summed E-state index contributed by atoms with van der Waals surface area (Å²) in [5.74, 6) is -0.0438. The van der Waals surface area contributed by atoms with E-state index < -0.39 is 0 Å². The van der Waals surface area contributed by atoms with Crippen LogP contribution in [-0.2, 0) is 9.53 Å². The Balaban J connectivity index is 1.65. The first-order chi connectivity index (χ1) is 10.7. The number of anilines is 1. The minimum atomic E-state index is -0.0438. The normalized spacial score (nSPS) is 21.8. The van der Waals surface area contributed by atoms with E-state index >= 15 is 0 Å². The Bertz CT molecular complexity index is 682. The van der Waals surface area contributed by atoms with Crippen LogP contribution in [0, 0.1) is 0 Å². The molecule has 6 heteroatoms. The molecule has 1 aliphatic heterocycles. The third-order valence-corrected chi connectivity index (χ3v) is 3.94. The van der Waals surface area contributed by atoms with Gasteiger partial charge in [-0.05, 0) is 25.1 Å². The van der Waals surface area contributed by atoms with Crippen LogP contribution >= 0.6 is 0 Å². The highest BCUT2D eigenvalue weighted by molar-refractivity contribution is 5.89. The number of nitrogens with zero attached hydrogens (tertiary/aromatic N) is 2. The van der Waals surface area contributed by atoms with E-state index in [1.54, 1.807) is 11.1 Å². The number of H-pyrrole nitrogens is 1. The van der Waals surface area contributed by atoms with Crippen LogP contribution in [0.2, 0.25) is 0 Å². The Morgan fingerprint density at radius 3 is 3.32 bits per heavy atom. The molecule has 2 aromatic heterocycles. The van der Waals surface area contributed by atoms with Gasteiger partial charge in [-0.3, -0.25) is 4.79 Å². The third-order valence-electron chi connectivity index (χ3n) is 3.94. The molecule has 6 nitrogen and oxygen atoms in total. The van der Waals surface area contributed by atoms with Crippen molar-refractivity contribution in [2.75, 3.05) is 25.0 Å². The van der Waals surface area contributed by atoms with E-state index in [1.807, 2.05) is 25.3 Å². The van der Waals surface area contributed by atoms with E-state index in [4.69, 9.17) is 4.74 Å². The van der Waals surface area contributed by atoms with E-state index in [1.165, 1.54) is 6.08 Å². The summed E-state index contributed by atoms with van der Waals surface area (Å²) in [6, 6.07) is 4.01. The zero-order chi connectivity index (χ0) is 15.5. The average molecular weight is 300 g/mol. The van der Waals surface area contributed by atoms with E-state index in [2.05, 4.69) is 21.9 Å². The van der Waals surface area contributed by atoms with Gasteiger partial charge >= 0.3 is 0 Å². The molecule has 1 amide bonds. The molecule has 0 saturated carbocycles. The lowest BCUT2D eigenvalue weighted by Gasteiger charge is -2.37. The van der Waals surface area contributed by atoms with Crippen molar-refractivity contribution in [1.82, 2.24) is 14.9 Å². The number of hydrogen-bond donors (Lipinski definition) is 2. The Morgan fingerprint density at radius 1 is 1.64 bits per heavy atom. The zero-order valence-electron chi connectivity index (χ0n) is 12.6. The van der Waals surface area contributed by atoms with Crippen LogP contribution in [0.15, 0.2) is 37.2 Å². The lowest BCUT2D eigenvalue weighted by atomic mass is 10.2. The second-order valence-corrected chi connectivity index (χ2v) is 5.48. The maximum absolute atomic E-state index is 11.9. The van der Waals surface area contributed by atoms with Gasteiger partial charge < -0.3 is 19.9 Å². The summed E-state index contributed by atoms with van der Waals surface area (Å²) in [7, 11) is 0. The highest BCUT2D eigenvalue weighted by Gasteiger charge is 2.28. The van der Waals surface area contributed by atoms with Crippen LogP contribution in [-0.4, -0.2) is 52.6 Å². The molecule has 3 rings (SSSR count). The van der Waals surface area contributed by atoms with E-state index in [0.29, 0.717) is 19.7 Å². The van der Waals surface area contributed by atoms with Gasteiger partial charge in [-0.2, -0.15) is 0 Å². The Morgan fingerprint density at radius 2 is 2.50 bits per heavy atom. The number of carbonyl (C=O) groups is 1. The molecule has 0 aromatic carbocycles. The summed E-state index contributed by atoms with van der Waals surface area (Å²) in [4.78, 5) is 21.0. The molecule has 1 fully saturated rings. The molecular formula is C16H20N4O2. The van der Waals surface area contributed by atoms with Crippen molar-refractivity contribution < 1.29 is 9.53 Å². The van der Waals surface area contributed by atoms with Gasteiger partial charge in [-0.15, -0.1) is 0 Å². The van der Waals surface area contributed by atoms with Crippen LogP contribution in [0.25, 0.3) is 11.0 Å². The van der Waals surface area contributed by atoms with Crippen molar-refractivity contribution in [3.8, 4) is 0 Å². The fourth-order valence-electron chi connectivity index (χ4n) is 2.70. The van der Waals surface area contributed by atoms with Crippen LogP contribution in [0.4, 0.5) is 5.69 Å². The highest BCUT2D eigenvalue weighted by Crippen LogP contribution is 2.21. The SMILES string of the molecule is C=CC(=O)N1C[C@@H](CNc2ccnc3[nH]ccc23)OC[C@H]1C. The summed E-state index contributed by atoms with van der Waals surface area (Å²) in [6.45, 7) is 7.29. The largest absolute Gasteiger partial charge is 0.382 e. The zero-order valence-corrected chi connectivity index (χ0v) is 12.6. The number of hydrogen-bond acceptors (Lipinski definition) is 4. The predicted molar refractivity (Wildman–Crippen MR) is 85.7 cm³/mol. The highest BCUT2D eigenvalue weighted by atomic mass is 16.5. The van der Waals surface area contributed by atoms with Gasteiger partial charge in [0.2, 0.25) is 5.91 Å². The number of carbonyl (C=O) groups excluding carboxylic acids is 1. The lowest BCUT2D eigenvalue weighted by molar-refractivity contribution is -0.138. The Labute approximate surface area is 129 Å². The van der Waals surface area contributed by atoms with Crippen molar-refractivity contribution in [1.29, 1.82) is 0 Å². The van der Waals surface area contributed by atoms with E-state index in [-0.39, 0.29) is 18.1 Å². The first-order valence-electron chi connectivity index (χ1n) is 7.39. The number of morpholine rings is 1. The number of ether oxygens (including phenoxy) is 1. The standard InChI is InChI=1S/C16H20N4O2/c1-3-15(21)20-9-12(22-10-11(20)2)8-19-14-5-7-18-16-13(14)4-6-17-16/h3-7,11-12H,1,8-10H2,2H3,(H2,17,18,19)/t11-,12-/m1/s1. The van der Waals surface area contributed by atoms with E-state index in [0.717, 1.165) is 16.7 Å². The van der Waals surface area contributed by atoms with Gasteiger partial charge in [0.1, 0.15) is 5.65 Å². The monoisotopic (exact) mass is 300 g/mol. The number of aromatic nitrogens is 2. The van der Waals surface area contributed by atoms with Crippen LogP contribution in [0.5, 0.6) is 0 Å². The van der Waals surface area contributed by atoms with Gasteiger partial charge in [-0.1, -0.05) is 6.58 Å². The smallest absolute Gasteiger partial charge is 0.246 e. The summed E-state index contributed by atoms with van der Waals surface area (Å²) in [5.41, 5.74) is 1.86. The second kappa shape index (κ2) is 6.19. The predicted octanol–water partition coefficient (Wildman–Crippen LogP) is 1.78. The van der Waals surface area contributed by atoms with Crippen molar-refractivity contribution in [2.24, 2.45) is 0 Å².